The number of piperidine rings is 2. The first-order chi connectivity index (χ1) is 13.2. The summed E-state index contributed by atoms with van der Waals surface area (Å²) >= 11 is 0. The van der Waals surface area contributed by atoms with Crippen LogP contribution in [0.25, 0.3) is 0 Å². The van der Waals surface area contributed by atoms with Gasteiger partial charge in [0.2, 0.25) is 5.91 Å². The van der Waals surface area contributed by atoms with Gasteiger partial charge in [-0.15, -0.1) is 0 Å². The van der Waals surface area contributed by atoms with Crippen LogP contribution in [-0.2, 0) is 22.5 Å². The van der Waals surface area contributed by atoms with Crippen LogP contribution in [0.3, 0.4) is 0 Å². The molecule has 0 spiro atoms. The van der Waals surface area contributed by atoms with Crippen LogP contribution in [0.4, 0.5) is 0 Å². The van der Waals surface area contributed by atoms with Crippen LogP contribution in [0.1, 0.15) is 44.1 Å². The normalized spacial score (nSPS) is 22.8. The standard InChI is InChI=1S/C21H35N3O3/c1-3-19-6-7-20(27-19)16-23-12-8-18(9-13-23)24-11-4-5-17(15-24)21(25)22-10-14-26-2/h6-7,17-18H,3-5,8-16H2,1-2H3,(H,22,25). The number of aryl methyl sites for hydroxylation is 1. The lowest BCUT2D eigenvalue weighted by Crippen LogP contribution is -2.50. The van der Waals surface area contributed by atoms with E-state index in [2.05, 4.69) is 34.2 Å². The molecule has 152 valence electrons. The third kappa shape index (κ3) is 5.80. The zero-order valence-electron chi connectivity index (χ0n) is 16.9. The minimum atomic E-state index is 0.129. The quantitative estimate of drug-likeness (QED) is 0.705. The predicted octanol–water partition coefficient (Wildman–Crippen LogP) is 2.28. The van der Waals surface area contributed by atoms with Crippen LogP contribution in [-0.4, -0.2) is 68.2 Å². The van der Waals surface area contributed by atoms with E-state index in [1.165, 1.54) is 12.8 Å². The van der Waals surface area contributed by atoms with Gasteiger partial charge in [0.1, 0.15) is 11.5 Å². The molecule has 2 aliphatic heterocycles. The van der Waals surface area contributed by atoms with Crippen molar-refractivity contribution in [3.8, 4) is 0 Å². The van der Waals surface area contributed by atoms with Gasteiger partial charge in [0.25, 0.3) is 0 Å². The van der Waals surface area contributed by atoms with Gasteiger partial charge in [-0.05, 0) is 44.4 Å². The lowest BCUT2D eigenvalue weighted by molar-refractivity contribution is -0.127. The van der Waals surface area contributed by atoms with Gasteiger partial charge in [-0.1, -0.05) is 6.92 Å². The van der Waals surface area contributed by atoms with Crippen LogP contribution in [0.5, 0.6) is 0 Å². The van der Waals surface area contributed by atoms with Gasteiger partial charge in [0.05, 0.1) is 19.1 Å². The Labute approximate surface area is 163 Å². The summed E-state index contributed by atoms with van der Waals surface area (Å²) in [5, 5.41) is 3.01. The largest absolute Gasteiger partial charge is 0.465 e. The van der Waals surface area contributed by atoms with Crippen molar-refractivity contribution in [2.75, 3.05) is 46.4 Å². The molecule has 2 aliphatic rings. The summed E-state index contributed by atoms with van der Waals surface area (Å²) in [6.07, 6.45) is 5.44. The molecule has 2 fully saturated rings. The Hall–Kier alpha value is -1.37. The van der Waals surface area contributed by atoms with Gasteiger partial charge in [0, 0.05) is 45.8 Å². The molecule has 2 saturated heterocycles. The molecule has 1 unspecified atom stereocenters. The number of nitrogens with zero attached hydrogens (tertiary/aromatic N) is 2. The molecule has 27 heavy (non-hydrogen) atoms. The highest BCUT2D eigenvalue weighted by atomic mass is 16.5. The third-order valence-corrected chi connectivity index (χ3v) is 5.95. The molecule has 0 saturated carbocycles. The van der Waals surface area contributed by atoms with Crippen molar-refractivity contribution in [3.63, 3.8) is 0 Å². The number of nitrogens with one attached hydrogen (secondary N) is 1. The molecule has 3 rings (SSSR count). The van der Waals surface area contributed by atoms with E-state index in [-0.39, 0.29) is 11.8 Å². The first-order valence-electron chi connectivity index (χ1n) is 10.5. The third-order valence-electron chi connectivity index (χ3n) is 5.95. The van der Waals surface area contributed by atoms with E-state index in [1.807, 2.05) is 0 Å². The number of rotatable bonds is 8. The molecule has 0 aliphatic carbocycles. The van der Waals surface area contributed by atoms with E-state index in [1.54, 1.807) is 7.11 Å². The second kappa shape index (κ2) is 10.2. The molecule has 6 nitrogen and oxygen atoms in total. The maximum Gasteiger partial charge on any atom is 0.224 e. The Morgan fingerprint density at radius 2 is 2.00 bits per heavy atom. The summed E-state index contributed by atoms with van der Waals surface area (Å²) in [4.78, 5) is 17.4. The van der Waals surface area contributed by atoms with Crippen molar-refractivity contribution < 1.29 is 13.9 Å². The fraction of sp³-hybridized carbons (Fsp3) is 0.762. The number of methoxy groups -OCH3 is 1. The number of likely N-dealkylation sites (tertiary alicyclic amines) is 2. The van der Waals surface area contributed by atoms with Crippen molar-refractivity contribution >= 4 is 5.91 Å². The molecule has 0 aromatic carbocycles. The number of carbonyl (C=O) groups is 1. The van der Waals surface area contributed by atoms with Crippen LogP contribution in [0, 0.1) is 5.92 Å². The van der Waals surface area contributed by atoms with E-state index in [0.29, 0.717) is 19.2 Å². The second-order valence-electron chi connectivity index (χ2n) is 7.85. The number of carbonyl (C=O) groups excluding carboxylic acids is 1. The molecular formula is C21H35N3O3. The summed E-state index contributed by atoms with van der Waals surface area (Å²) in [7, 11) is 1.66. The lowest BCUT2D eigenvalue weighted by Gasteiger charge is -2.41. The topological polar surface area (TPSA) is 58.0 Å². The molecule has 0 bridgehead atoms. The highest BCUT2D eigenvalue weighted by Crippen LogP contribution is 2.25. The second-order valence-corrected chi connectivity index (χ2v) is 7.85. The van der Waals surface area contributed by atoms with Crippen LogP contribution < -0.4 is 5.32 Å². The summed E-state index contributed by atoms with van der Waals surface area (Å²) < 4.78 is 10.9. The molecule has 3 heterocycles. The monoisotopic (exact) mass is 377 g/mol. The number of hydrogen-bond acceptors (Lipinski definition) is 5. The van der Waals surface area contributed by atoms with E-state index in [0.717, 1.165) is 63.5 Å². The zero-order valence-corrected chi connectivity index (χ0v) is 16.9. The van der Waals surface area contributed by atoms with Crippen molar-refractivity contribution in [1.29, 1.82) is 0 Å². The Morgan fingerprint density at radius 3 is 2.70 bits per heavy atom. The van der Waals surface area contributed by atoms with Crippen LogP contribution in [0.2, 0.25) is 0 Å². The Bertz CT molecular complexity index is 581. The summed E-state index contributed by atoms with van der Waals surface area (Å²) in [5.74, 6) is 2.47. The lowest BCUT2D eigenvalue weighted by atomic mass is 9.93. The Kier molecular flexibility index (Phi) is 7.73. The number of ether oxygens (including phenoxy) is 1. The molecule has 1 N–H and O–H groups in total. The average Bonchev–Trinajstić information content (AvgIpc) is 3.16. The zero-order chi connectivity index (χ0) is 19.1. The molecule has 1 amide bonds. The molecule has 1 aromatic heterocycles. The smallest absolute Gasteiger partial charge is 0.224 e. The van der Waals surface area contributed by atoms with Gasteiger partial charge >= 0.3 is 0 Å². The van der Waals surface area contributed by atoms with Crippen LogP contribution in [0.15, 0.2) is 16.5 Å². The molecule has 6 heteroatoms. The summed E-state index contributed by atoms with van der Waals surface area (Å²) in [6.45, 7) is 8.47. The highest BCUT2D eigenvalue weighted by Gasteiger charge is 2.31. The van der Waals surface area contributed by atoms with Gasteiger partial charge in [-0.2, -0.15) is 0 Å². The summed E-state index contributed by atoms with van der Waals surface area (Å²) in [5.41, 5.74) is 0. The Morgan fingerprint density at radius 1 is 1.22 bits per heavy atom. The molecule has 0 radical (unpaired) electrons. The maximum atomic E-state index is 12.4. The first-order valence-corrected chi connectivity index (χ1v) is 10.5. The number of furan rings is 1. The van der Waals surface area contributed by atoms with Crippen molar-refractivity contribution in [2.45, 2.75) is 51.6 Å². The van der Waals surface area contributed by atoms with E-state index in [4.69, 9.17) is 9.15 Å². The van der Waals surface area contributed by atoms with Crippen molar-refractivity contribution in [3.05, 3.63) is 23.7 Å². The number of hydrogen-bond donors (Lipinski definition) is 1. The number of amides is 1. The van der Waals surface area contributed by atoms with Gasteiger partial charge < -0.3 is 14.5 Å². The van der Waals surface area contributed by atoms with Gasteiger partial charge in [-0.25, -0.2) is 0 Å². The minimum absolute atomic E-state index is 0.129. The van der Waals surface area contributed by atoms with Crippen molar-refractivity contribution in [1.82, 2.24) is 15.1 Å². The van der Waals surface area contributed by atoms with E-state index < -0.39 is 0 Å². The average molecular weight is 378 g/mol. The Balaban J connectivity index is 1.42. The fourth-order valence-corrected chi connectivity index (χ4v) is 4.33. The van der Waals surface area contributed by atoms with Gasteiger partial charge in [-0.3, -0.25) is 14.6 Å². The maximum absolute atomic E-state index is 12.4. The predicted molar refractivity (Wildman–Crippen MR) is 106 cm³/mol. The van der Waals surface area contributed by atoms with Crippen LogP contribution >= 0.6 is 0 Å². The van der Waals surface area contributed by atoms with Gasteiger partial charge in [0.15, 0.2) is 0 Å². The fourth-order valence-electron chi connectivity index (χ4n) is 4.33. The van der Waals surface area contributed by atoms with Crippen molar-refractivity contribution in [2.24, 2.45) is 5.92 Å². The molecule has 1 aromatic rings. The van der Waals surface area contributed by atoms with E-state index in [9.17, 15) is 4.79 Å². The minimum Gasteiger partial charge on any atom is -0.465 e. The highest BCUT2D eigenvalue weighted by molar-refractivity contribution is 5.78. The SMILES string of the molecule is CCc1ccc(CN2CCC(N3CCCC(C(=O)NCCOC)C3)CC2)o1. The molecule has 1 atom stereocenters. The summed E-state index contributed by atoms with van der Waals surface area (Å²) in [6, 6.07) is 4.81. The first kappa shape index (κ1) is 20.4. The molecular weight excluding hydrogens is 342 g/mol. The van der Waals surface area contributed by atoms with E-state index >= 15 is 0 Å².